The second kappa shape index (κ2) is 6.87. The molecule has 0 spiro atoms. The Balaban J connectivity index is 2.59. The fourth-order valence-electron chi connectivity index (χ4n) is 2.47. The van der Waals surface area contributed by atoms with Gasteiger partial charge >= 0.3 is 5.97 Å². The number of carbonyl (C=O) groups excluding carboxylic acids is 1. The van der Waals surface area contributed by atoms with Crippen molar-refractivity contribution < 1.29 is 18.3 Å². The lowest BCUT2D eigenvalue weighted by molar-refractivity contribution is -0.136. The number of carbonyl (C=O) groups is 1. The highest BCUT2D eigenvalue weighted by molar-refractivity contribution is 7.80. The van der Waals surface area contributed by atoms with Crippen molar-refractivity contribution in [2.24, 2.45) is 0 Å². The third-order valence-corrected chi connectivity index (χ3v) is 3.93. The molecule has 0 aliphatic carbocycles. The number of methoxy groups -OCH3 is 1. The predicted molar refractivity (Wildman–Crippen MR) is 86.5 cm³/mol. The lowest BCUT2D eigenvalue weighted by Gasteiger charge is -2.37. The molecule has 1 aliphatic heterocycles. The molecule has 0 unspecified atom stereocenters. The maximum absolute atomic E-state index is 14.1. The molecule has 0 saturated heterocycles. The van der Waals surface area contributed by atoms with Crippen LogP contribution in [0.3, 0.4) is 0 Å². The largest absolute Gasteiger partial charge is 0.466 e. The van der Waals surface area contributed by atoms with Gasteiger partial charge in [-0.15, -0.1) is 6.58 Å². The van der Waals surface area contributed by atoms with Gasteiger partial charge < -0.3 is 15.0 Å². The molecule has 0 fully saturated rings. The Morgan fingerprint density at radius 1 is 1.52 bits per heavy atom. The first-order chi connectivity index (χ1) is 10.9. The summed E-state index contributed by atoms with van der Waals surface area (Å²) in [5, 5.41) is 3.23. The number of esters is 1. The molecule has 1 N–H and O–H groups in total. The van der Waals surface area contributed by atoms with E-state index in [0.29, 0.717) is 17.4 Å². The number of benzene rings is 1. The van der Waals surface area contributed by atoms with Gasteiger partial charge in [-0.25, -0.2) is 13.6 Å². The van der Waals surface area contributed by atoms with E-state index < -0.39 is 23.6 Å². The monoisotopic (exact) mass is 338 g/mol. The number of halogens is 2. The van der Waals surface area contributed by atoms with Crippen LogP contribution in [0.2, 0.25) is 0 Å². The summed E-state index contributed by atoms with van der Waals surface area (Å²) in [4.78, 5) is 13.8. The molecule has 1 aromatic rings. The van der Waals surface area contributed by atoms with Gasteiger partial charge in [0.15, 0.2) is 5.11 Å². The van der Waals surface area contributed by atoms with Crippen LogP contribution in [0.4, 0.5) is 8.78 Å². The van der Waals surface area contributed by atoms with E-state index in [2.05, 4.69) is 11.9 Å². The van der Waals surface area contributed by atoms with Gasteiger partial charge in [-0.05, 0) is 25.2 Å². The fraction of sp³-hybridized carbons (Fsp3) is 0.250. The zero-order chi connectivity index (χ0) is 17.1. The highest BCUT2D eigenvalue weighted by Gasteiger charge is 2.35. The van der Waals surface area contributed by atoms with Crippen molar-refractivity contribution in [1.29, 1.82) is 0 Å². The summed E-state index contributed by atoms with van der Waals surface area (Å²) in [6.07, 6.45) is 1.63. The molecular formula is C16H16F2N2O2S. The molecule has 23 heavy (non-hydrogen) atoms. The molecule has 0 bridgehead atoms. The van der Waals surface area contributed by atoms with Crippen LogP contribution in [-0.4, -0.2) is 29.6 Å². The van der Waals surface area contributed by atoms with Crippen molar-refractivity contribution in [3.8, 4) is 0 Å². The third-order valence-electron chi connectivity index (χ3n) is 3.59. The van der Waals surface area contributed by atoms with Crippen LogP contribution in [0, 0.1) is 11.6 Å². The number of thiocarbonyl (C=S) groups is 1. The smallest absolute Gasteiger partial charge is 0.337 e. The summed E-state index contributed by atoms with van der Waals surface area (Å²) >= 11 is 5.28. The van der Waals surface area contributed by atoms with E-state index >= 15 is 0 Å². The Bertz CT molecular complexity index is 703. The highest BCUT2D eigenvalue weighted by atomic mass is 32.1. The number of rotatable bonds is 4. The lowest BCUT2D eigenvalue weighted by Crippen LogP contribution is -2.48. The molecule has 122 valence electrons. The van der Waals surface area contributed by atoms with Crippen LogP contribution < -0.4 is 5.32 Å². The number of hydrogen-bond acceptors (Lipinski definition) is 3. The number of nitrogens with zero attached hydrogens (tertiary/aromatic N) is 1. The average molecular weight is 338 g/mol. The van der Waals surface area contributed by atoms with Gasteiger partial charge in [0.1, 0.15) is 11.6 Å². The van der Waals surface area contributed by atoms with Crippen molar-refractivity contribution in [2.75, 3.05) is 13.7 Å². The van der Waals surface area contributed by atoms with E-state index in [1.165, 1.54) is 13.2 Å². The molecule has 0 aromatic heterocycles. The standard InChI is InChI=1S/C16H16F2N2O2S/c1-4-7-20-9(2)13(15(21)22-3)14(19-16(20)23)11-6-5-10(17)8-12(11)18/h4-6,8,14H,1,7H2,2-3H3,(H,19,23)/t14-/m0/s1. The molecule has 0 amide bonds. The summed E-state index contributed by atoms with van der Waals surface area (Å²) in [5.41, 5.74) is 0.870. The Kier molecular flexibility index (Phi) is 5.10. The molecule has 1 atom stereocenters. The minimum Gasteiger partial charge on any atom is -0.466 e. The summed E-state index contributed by atoms with van der Waals surface area (Å²) < 4.78 is 32.1. The first-order valence-corrected chi connectivity index (χ1v) is 7.24. The Labute approximate surface area is 138 Å². The first-order valence-electron chi connectivity index (χ1n) is 6.83. The van der Waals surface area contributed by atoms with Gasteiger partial charge in [-0.3, -0.25) is 0 Å². The molecular weight excluding hydrogens is 322 g/mol. The van der Waals surface area contributed by atoms with Gasteiger partial charge in [0.25, 0.3) is 0 Å². The maximum Gasteiger partial charge on any atom is 0.337 e. The Morgan fingerprint density at radius 2 is 2.22 bits per heavy atom. The van der Waals surface area contributed by atoms with E-state index in [0.717, 1.165) is 12.1 Å². The number of hydrogen-bond donors (Lipinski definition) is 1. The van der Waals surface area contributed by atoms with Crippen LogP contribution in [0.25, 0.3) is 0 Å². The van der Waals surface area contributed by atoms with E-state index in [4.69, 9.17) is 17.0 Å². The van der Waals surface area contributed by atoms with E-state index in [1.54, 1.807) is 17.9 Å². The summed E-state index contributed by atoms with van der Waals surface area (Å²) in [7, 11) is 1.24. The van der Waals surface area contributed by atoms with Gasteiger partial charge in [0.05, 0.1) is 18.7 Å². The van der Waals surface area contributed by atoms with Crippen LogP contribution in [0.5, 0.6) is 0 Å². The van der Waals surface area contributed by atoms with Crippen molar-refractivity contribution in [1.82, 2.24) is 10.2 Å². The van der Waals surface area contributed by atoms with Crippen LogP contribution in [0.1, 0.15) is 18.5 Å². The first kappa shape index (κ1) is 17.1. The average Bonchev–Trinajstić information content (AvgIpc) is 2.50. The molecule has 1 aromatic carbocycles. The second-order valence-electron chi connectivity index (χ2n) is 4.94. The minimum absolute atomic E-state index is 0.117. The van der Waals surface area contributed by atoms with Crippen molar-refractivity contribution in [2.45, 2.75) is 13.0 Å². The zero-order valence-electron chi connectivity index (χ0n) is 12.7. The quantitative estimate of drug-likeness (QED) is 0.519. The predicted octanol–water partition coefficient (Wildman–Crippen LogP) is 2.83. The maximum atomic E-state index is 14.1. The highest BCUT2D eigenvalue weighted by Crippen LogP contribution is 2.32. The van der Waals surface area contributed by atoms with E-state index in [9.17, 15) is 13.6 Å². The summed E-state index contributed by atoms with van der Waals surface area (Å²) in [6.45, 7) is 5.72. The number of nitrogens with one attached hydrogen (secondary N) is 1. The molecule has 4 nitrogen and oxygen atoms in total. The second-order valence-corrected chi connectivity index (χ2v) is 5.32. The van der Waals surface area contributed by atoms with Gasteiger partial charge in [0, 0.05) is 23.9 Å². The molecule has 1 heterocycles. The lowest BCUT2D eigenvalue weighted by atomic mass is 9.94. The molecule has 0 saturated carbocycles. The Hall–Kier alpha value is -2.28. The molecule has 7 heteroatoms. The van der Waals surface area contributed by atoms with Crippen molar-refractivity contribution in [3.05, 3.63) is 59.3 Å². The zero-order valence-corrected chi connectivity index (χ0v) is 13.5. The Morgan fingerprint density at radius 3 is 2.78 bits per heavy atom. The SMILES string of the molecule is C=CCN1C(=S)N[C@@H](c2ccc(F)cc2F)C(C(=O)OC)=C1C. The van der Waals surface area contributed by atoms with Crippen LogP contribution in [0.15, 0.2) is 42.1 Å². The third kappa shape index (κ3) is 3.24. The van der Waals surface area contributed by atoms with E-state index in [-0.39, 0.29) is 11.1 Å². The number of allylic oxidation sites excluding steroid dienone is 1. The minimum atomic E-state index is -0.850. The van der Waals surface area contributed by atoms with Gasteiger partial charge in [-0.1, -0.05) is 12.1 Å². The van der Waals surface area contributed by atoms with Gasteiger partial charge in [-0.2, -0.15) is 0 Å². The van der Waals surface area contributed by atoms with Crippen molar-refractivity contribution >= 4 is 23.3 Å². The van der Waals surface area contributed by atoms with Crippen molar-refractivity contribution in [3.63, 3.8) is 0 Å². The fourth-order valence-corrected chi connectivity index (χ4v) is 2.80. The topological polar surface area (TPSA) is 41.6 Å². The molecule has 2 rings (SSSR count). The molecule has 1 aliphatic rings. The normalized spacial score (nSPS) is 17.8. The summed E-state index contributed by atoms with van der Waals surface area (Å²) in [5.74, 6) is -2.07. The number of ether oxygens (including phenoxy) is 1. The van der Waals surface area contributed by atoms with Crippen LogP contribution >= 0.6 is 12.2 Å². The van der Waals surface area contributed by atoms with Gasteiger partial charge in [0.2, 0.25) is 0 Å². The van der Waals surface area contributed by atoms with Crippen LogP contribution in [-0.2, 0) is 9.53 Å². The molecule has 0 radical (unpaired) electrons. The summed E-state index contributed by atoms with van der Waals surface area (Å²) in [6, 6.07) is 2.32. The van der Waals surface area contributed by atoms with E-state index in [1.807, 2.05) is 0 Å².